The Morgan fingerprint density at radius 2 is 1.67 bits per heavy atom. The zero-order valence-electron chi connectivity index (χ0n) is 2.66. The summed E-state index contributed by atoms with van der Waals surface area (Å²) in [6, 6.07) is 0. The molecule has 0 N–H and O–H groups in total. The third kappa shape index (κ3) is 1.58. The number of nitrogens with zero attached hydrogens (tertiary/aromatic N) is 3. The standard InChI is InChI=1S/C2N3.Ni/c3-1-5-2-4;/q-1;+1. The van der Waals surface area contributed by atoms with Crippen LogP contribution in [0.1, 0.15) is 0 Å². The first-order valence-corrected chi connectivity index (χ1v) is 1.48. The van der Waals surface area contributed by atoms with Gasteiger partial charge in [0.1, 0.15) is 0 Å². The molecule has 0 amide bonds. The fourth-order valence-electron chi connectivity index (χ4n) is 0.0224. The van der Waals surface area contributed by atoms with Gasteiger partial charge in [0, 0.05) is 0 Å². The molecule has 4 heteroatoms. The zero-order valence-corrected chi connectivity index (χ0v) is 3.65. The van der Waals surface area contributed by atoms with Gasteiger partial charge in [-0.1, -0.05) is 0 Å². The SMILES string of the molecule is N#C[N]([Ni])C#N. The molecular weight excluding hydrogens is 125 g/mol. The second-order valence-corrected chi connectivity index (χ2v) is 0.895. The molecule has 0 fully saturated rings. The molecule has 6 heavy (non-hydrogen) atoms. The summed E-state index contributed by atoms with van der Waals surface area (Å²) in [5.74, 6) is 0. The van der Waals surface area contributed by atoms with Gasteiger partial charge in [-0.05, 0) is 0 Å². The Bertz CT molecular complexity index is 92.9. The van der Waals surface area contributed by atoms with Gasteiger partial charge < -0.3 is 0 Å². The maximum absolute atomic E-state index is 7.69. The van der Waals surface area contributed by atoms with Gasteiger partial charge in [-0.15, -0.1) is 0 Å². The van der Waals surface area contributed by atoms with Crippen LogP contribution in [-0.4, -0.2) is 3.98 Å². The van der Waals surface area contributed by atoms with Crippen molar-refractivity contribution in [3.05, 3.63) is 0 Å². The summed E-state index contributed by atoms with van der Waals surface area (Å²) in [5.41, 5.74) is 0. The van der Waals surface area contributed by atoms with Crippen molar-refractivity contribution in [2.45, 2.75) is 0 Å². The van der Waals surface area contributed by atoms with Gasteiger partial charge in [-0.25, -0.2) is 0 Å². The molecule has 0 unspecified atom stereocenters. The molecule has 0 aromatic rings. The molecule has 0 aromatic heterocycles. The van der Waals surface area contributed by atoms with Gasteiger partial charge in [-0.2, -0.15) is 0 Å². The summed E-state index contributed by atoms with van der Waals surface area (Å²) in [7, 11) is 0. The van der Waals surface area contributed by atoms with Crippen molar-refractivity contribution in [1.82, 2.24) is 3.98 Å². The molecular formula is C2N3Ni. The molecule has 0 radical (unpaired) electrons. The predicted molar refractivity (Wildman–Crippen MR) is 13.1 cm³/mol. The van der Waals surface area contributed by atoms with Crippen LogP contribution in [0.5, 0.6) is 0 Å². The molecule has 0 aliphatic rings. The average Bonchev–Trinajstić information content (AvgIpc) is 1.65. The van der Waals surface area contributed by atoms with E-state index < -0.39 is 0 Å². The first-order chi connectivity index (χ1) is 2.81. The molecule has 0 rings (SSSR count). The second-order valence-electron chi connectivity index (χ2n) is 0.453. The molecule has 0 bridgehead atoms. The van der Waals surface area contributed by atoms with E-state index in [0.717, 1.165) is 0 Å². The Balaban J connectivity index is 3.40. The van der Waals surface area contributed by atoms with Crippen LogP contribution < -0.4 is 0 Å². The molecule has 3 nitrogen and oxygen atoms in total. The number of hydrogen-bond donors (Lipinski definition) is 0. The van der Waals surface area contributed by atoms with Crippen LogP contribution in [0.25, 0.3) is 0 Å². The van der Waals surface area contributed by atoms with Gasteiger partial charge in [0.15, 0.2) is 0 Å². The Labute approximate surface area is 43.3 Å². The van der Waals surface area contributed by atoms with E-state index in [4.69, 9.17) is 10.5 Å². The fraction of sp³-hybridized carbons (Fsp3) is 0. The number of rotatable bonds is 0. The van der Waals surface area contributed by atoms with Crippen LogP contribution in [0.4, 0.5) is 0 Å². The van der Waals surface area contributed by atoms with Crippen LogP contribution in [0.3, 0.4) is 0 Å². The Morgan fingerprint density at radius 3 is 1.67 bits per heavy atom. The molecule has 0 heterocycles. The van der Waals surface area contributed by atoms with Crippen LogP contribution in [0.2, 0.25) is 0 Å². The average molecular weight is 125 g/mol. The molecule has 0 saturated heterocycles. The van der Waals surface area contributed by atoms with Gasteiger partial charge in [0.05, 0.1) is 0 Å². The first-order valence-electron chi connectivity index (χ1n) is 1.04. The van der Waals surface area contributed by atoms with E-state index in [9.17, 15) is 0 Å². The molecule has 33 valence electrons. The van der Waals surface area contributed by atoms with E-state index in [1.807, 2.05) is 0 Å². The second kappa shape index (κ2) is 2.51. The van der Waals surface area contributed by atoms with E-state index in [1.54, 1.807) is 0 Å². The Morgan fingerprint density at radius 1 is 1.33 bits per heavy atom. The summed E-state index contributed by atoms with van der Waals surface area (Å²) in [6.07, 6.45) is 2.84. The normalized spacial score (nSPS) is 5.33. The predicted octanol–water partition coefficient (Wildman–Crippen LogP) is -0.288. The molecule has 0 aliphatic carbocycles. The Kier molecular flexibility index (Phi) is 2.20. The Hall–Kier alpha value is -0.726. The van der Waals surface area contributed by atoms with Crippen LogP contribution in [0, 0.1) is 22.9 Å². The number of hydrogen-bond acceptors (Lipinski definition) is 3. The van der Waals surface area contributed by atoms with Crippen molar-refractivity contribution in [3.63, 3.8) is 0 Å². The fourth-order valence-corrected chi connectivity index (χ4v) is 0.0224. The number of nitriles is 2. The van der Waals surface area contributed by atoms with Gasteiger partial charge >= 0.3 is 42.6 Å². The van der Waals surface area contributed by atoms with E-state index >= 15 is 0 Å². The van der Waals surface area contributed by atoms with Crippen LogP contribution in [0.15, 0.2) is 0 Å². The van der Waals surface area contributed by atoms with Crippen LogP contribution >= 0.6 is 0 Å². The van der Waals surface area contributed by atoms with Gasteiger partial charge in [0.25, 0.3) is 0 Å². The van der Waals surface area contributed by atoms with E-state index in [-0.39, 0.29) is 0 Å². The molecule has 0 aromatic carbocycles. The molecule has 0 saturated carbocycles. The van der Waals surface area contributed by atoms with Crippen LogP contribution in [-0.2, 0) is 15.7 Å². The summed E-state index contributed by atoms with van der Waals surface area (Å²) >= 11 is 3.78. The first kappa shape index (κ1) is 5.27. The quantitative estimate of drug-likeness (QED) is 0.254. The van der Waals surface area contributed by atoms with E-state index in [1.165, 1.54) is 12.4 Å². The van der Waals surface area contributed by atoms with Gasteiger partial charge in [-0.3, -0.25) is 0 Å². The molecule has 0 aliphatic heterocycles. The summed E-state index contributed by atoms with van der Waals surface area (Å²) in [5, 5.41) is 15.4. The minimum absolute atomic E-state index is 0.486. The van der Waals surface area contributed by atoms with Crippen molar-refractivity contribution < 1.29 is 15.7 Å². The van der Waals surface area contributed by atoms with Crippen molar-refractivity contribution in [2.24, 2.45) is 0 Å². The maximum atomic E-state index is 7.69. The monoisotopic (exact) mass is 124 g/mol. The summed E-state index contributed by atoms with van der Waals surface area (Å²) < 4.78 is 0.486. The van der Waals surface area contributed by atoms with E-state index in [0.29, 0.717) is 3.98 Å². The van der Waals surface area contributed by atoms with Crippen molar-refractivity contribution >= 4 is 0 Å². The third-order valence-corrected chi connectivity index (χ3v) is 0.361. The van der Waals surface area contributed by atoms with E-state index in [2.05, 4.69) is 15.7 Å². The molecule has 0 spiro atoms. The summed E-state index contributed by atoms with van der Waals surface area (Å²) in [4.78, 5) is 0. The third-order valence-electron chi connectivity index (χ3n) is 0.163. The zero-order chi connectivity index (χ0) is 4.99. The minimum atomic E-state index is 0.486. The van der Waals surface area contributed by atoms with Crippen molar-refractivity contribution in [1.29, 1.82) is 10.5 Å². The topological polar surface area (TPSA) is 50.8 Å². The molecule has 0 atom stereocenters. The van der Waals surface area contributed by atoms with Crippen molar-refractivity contribution in [3.8, 4) is 12.4 Å². The van der Waals surface area contributed by atoms with Crippen molar-refractivity contribution in [2.75, 3.05) is 0 Å². The van der Waals surface area contributed by atoms with Gasteiger partial charge in [0.2, 0.25) is 0 Å². The summed E-state index contributed by atoms with van der Waals surface area (Å²) in [6.45, 7) is 0.